The molecule has 0 bridgehead atoms. The van der Waals surface area contributed by atoms with Gasteiger partial charge < -0.3 is 15.5 Å². The summed E-state index contributed by atoms with van der Waals surface area (Å²) in [5.41, 5.74) is 5.03. The molecule has 132 valence electrons. The van der Waals surface area contributed by atoms with Crippen molar-refractivity contribution < 1.29 is 4.90 Å². The van der Waals surface area contributed by atoms with Crippen LogP contribution in [0.1, 0.15) is 36.0 Å². The van der Waals surface area contributed by atoms with Crippen molar-refractivity contribution in [3.8, 4) is 0 Å². The van der Waals surface area contributed by atoms with E-state index < -0.39 is 0 Å². The fourth-order valence-corrected chi connectivity index (χ4v) is 3.64. The summed E-state index contributed by atoms with van der Waals surface area (Å²) in [5.74, 6) is 0. The van der Waals surface area contributed by atoms with Crippen LogP contribution in [-0.4, -0.2) is 18.2 Å². The first kappa shape index (κ1) is 17.9. The second-order valence-electron chi connectivity index (χ2n) is 6.88. The molecular weight excluding hydrogens is 326 g/mol. The van der Waals surface area contributed by atoms with Gasteiger partial charge in [0.15, 0.2) is 5.11 Å². The first-order chi connectivity index (χ1) is 12.2. The smallest absolute Gasteiger partial charge is 0.171 e. The number of aryl methyl sites for hydroxylation is 1. The number of hydrogen-bond donors (Lipinski definition) is 3. The van der Waals surface area contributed by atoms with Gasteiger partial charge in [0.05, 0.1) is 13.1 Å². The highest BCUT2D eigenvalue weighted by atomic mass is 32.1. The van der Waals surface area contributed by atoms with Crippen molar-refractivity contribution in [3.63, 3.8) is 0 Å². The zero-order valence-electron chi connectivity index (χ0n) is 15.0. The van der Waals surface area contributed by atoms with Crippen molar-refractivity contribution in [2.45, 2.75) is 39.3 Å². The standard InChI is InChI=1S/C21H27N3S/c1-17-9-3-6-12-20(17)23-21(25)22-15-18-10-4-5-11-19(18)16-24-13-7-2-8-14-24/h3-6,9-12H,2,7-8,13-16H2,1H3,(H2,22,23,25)/p+1. The highest BCUT2D eigenvalue weighted by Crippen LogP contribution is 2.13. The average molecular weight is 355 g/mol. The first-order valence-corrected chi connectivity index (χ1v) is 9.64. The molecule has 3 nitrogen and oxygen atoms in total. The third-order valence-corrected chi connectivity index (χ3v) is 5.20. The Kier molecular flexibility index (Phi) is 6.42. The van der Waals surface area contributed by atoms with Crippen LogP contribution >= 0.6 is 12.2 Å². The van der Waals surface area contributed by atoms with Crippen molar-refractivity contribution in [1.29, 1.82) is 0 Å². The maximum atomic E-state index is 5.47. The average Bonchev–Trinajstić information content (AvgIpc) is 2.64. The highest BCUT2D eigenvalue weighted by molar-refractivity contribution is 7.80. The highest BCUT2D eigenvalue weighted by Gasteiger charge is 2.15. The number of nitrogens with one attached hydrogen (secondary N) is 3. The molecule has 0 spiro atoms. The summed E-state index contributed by atoms with van der Waals surface area (Å²) < 4.78 is 0. The second kappa shape index (κ2) is 8.97. The van der Waals surface area contributed by atoms with Crippen molar-refractivity contribution in [1.82, 2.24) is 5.32 Å². The van der Waals surface area contributed by atoms with Crippen LogP contribution in [0, 0.1) is 6.92 Å². The van der Waals surface area contributed by atoms with Crippen LogP contribution in [0.4, 0.5) is 5.69 Å². The van der Waals surface area contributed by atoms with Gasteiger partial charge in [-0.05, 0) is 55.6 Å². The van der Waals surface area contributed by atoms with Crippen molar-refractivity contribution in [3.05, 3.63) is 65.2 Å². The lowest BCUT2D eigenvalue weighted by atomic mass is 10.0. The minimum absolute atomic E-state index is 0.675. The van der Waals surface area contributed by atoms with E-state index in [2.05, 4.69) is 54.0 Å². The van der Waals surface area contributed by atoms with Crippen LogP contribution in [0.15, 0.2) is 48.5 Å². The third kappa shape index (κ3) is 5.28. The minimum Gasteiger partial charge on any atom is -0.358 e. The summed E-state index contributed by atoms with van der Waals surface area (Å²) >= 11 is 5.47. The fraction of sp³-hybridized carbons (Fsp3) is 0.381. The Hall–Kier alpha value is -1.91. The molecule has 0 aromatic heterocycles. The SMILES string of the molecule is Cc1ccccc1NC(=S)NCc1ccccc1C[NH+]1CCCCC1. The molecule has 0 radical (unpaired) electrons. The van der Waals surface area contributed by atoms with E-state index in [4.69, 9.17) is 12.2 Å². The Morgan fingerprint density at radius 2 is 1.64 bits per heavy atom. The summed E-state index contributed by atoms with van der Waals surface area (Å²) in [4.78, 5) is 1.71. The molecule has 1 aliphatic heterocycles. The lowest BCUT2D eigenvalue weighted by molar-refractivity contribution is -0.918. The van der Waals surface area contributed by atoms with Crippen LogP contribution in [-0.2, 0) is 13.1 Å². The lowest BCUT2D eigenvalue weighted by Gasteiger charge is -2.24. The zero-order valence-corrected chi connectivity index (χ0v) is 15.8. The Morgan fingerprint density at radius 3 is 2.40 bits per heavy atom. The van der Waals surface area contributed by atoms with Gasteiger partial charge in [0.25, 0.3) is 0 Å². The molecule has 0 amide bonds. The van der Waals surface area contributed by atoms with Crippen LogP contribution in [0.2, 0.25) is 0 Å². The first-order valence-electron chi connectivity index (χ1n) is 9.23. The topological polar surface area (TPSA) is 28.5 Å². The number of para-hydroxylation sites is 1. The van der Waals surface area contributed by atoms with Crippen molar-refractivity contribution >= 4 is 23.0 Å². The van der Waals surface area contributed by atoms with Gasteiger partial charge in [-0.3, -0.25) is 0 Å². The van der Waals surface area contributed by atoms with E-state index in [1.54, 1.807) is 4.90 Å². The molecule has 0 aliphatic carbocycles. The number of piperidine rings is 1. The molecule has 1 fully saturated rings. The monoisotopic (exact) mass is 354 g/mol. The van der Waals surface area contributed by atoms with Gasteiger partial charge in [-0.25, -0.2) is 0 Å². The minimum atomic E-state index is 0.675. The number of rotatable bonds is 5. The number of anilines is 1. The maximum absolute atomic E-state index is 5.47. The molecule has 1 aliphatic rings. The molecule has 2 aromatic carbocycles. The molecule has 1 saturated heterocycles. The van der Waals surface area contributed by atoms with Gasteiger partial charge in [0.2, 0.25) is 0 Å². The summed E-state index contributed by atoms with van der Waals surface area (Å²) in [6.45, 7) is 6.57. The second-order valence-corrected chi connectivity index (χ2v) is 7.29. The van der Waals surface area contributed by atoms with Crippen LogP contribution < -0.4 is 15.5 Å². The van der Waals surface area contributed by atoms with Gasteiger partial charge in [-0.15, -0.1) is 0 Å². The molecule has 4 heteroatoms. The molecule has 0 saturated carbocycles. The van der Waals surface area contributed by atoms with Gasteiger partial charge in [0.1, 0.15) is 6.54 Å². The number of quaternary nitrogens is 1. The van der Waals surface area contributed by atoms with E-state index in [-0.39, 0.29) is 0 Å². The Labute approximate surface area is 156 Å². The molecule has 3 rings (SSSR count). The van der Waals surface area contributed by atoms with E-state index in [0.717, 1.165) is 18.8 Å². The largest absolute Gasteiger partial charge is 0.358 e. The molecule has 0 unspecified atom stereocenters. The number of thiocarbonyl (C=S) groups is 1. The Bertz CT molecular complexity index is 708. The number of hydrogen-bond acceptors (Lipinski definition) is 1. The lowest BCUT2D eigenvalue weighted by Crippen LogP contribution is -3.11. The Morgan fingerprint density at radius 1 is 0.960 bits per heavy atom. The number of likely N-dealkylation sites (tertiary alicyclic amines) is 1. The quantitative estimate of drug-likeness (QED) is 0.721. The molecule has 1 heterocycles. The zero-order chi connectivity index (χ0) is 17.5. The van der Waals surface area contributed by atoms with Gasteiger partial charge in [0, 0.05) is 17.8 Å². The Balaban J connectivity index is 1.57. The normalized spacial score (nSPS) is 14.9. The van der Waals surface area contributed by atoms with E-state index in [0.29, 0.717) is 5.11 Å². The van der Waals surface area contributed by atoms with E-state index in [1.165, 1.54) is 49.0 Å². The summed E-state index contributed by atoms with van der Waals surface area (Å²) in [6.07, 6.45) is 4.12. The van der Waals surface area contributed by atoms with Crippen LogP contribution in [0.5, 0.6) is 0 Å². The van der Waals surface area contributed by atoms with Crippen molar-refractivity contribution in [2.24, 2.45) is 0 Å². The van der Waals surface area contributed by atoms with Crippen LogP contribution in [0.3, 0.4) is 0 Å². The van der Waals surface area contributed by atoms with E-state index in [9.17, 15) is 0 Å². The molecule has 3 N–H and O–H groups in total. The van der Waals surface area contributed by atoms with Crippen molar-refractivity contribution in [2.75, 3.05) is 18.4 Å². The van der Waals surface area contributed by atoms with Gasteiger partial charge in [-0.1, -0.05) is 42.5 Å². The predicted octanol–water partition coefficient (Wildman–Crippen LogP) is 3.05. The predicted molar refractivity (Wildman–Crippen MR) is 109 cm³/mol. The summed E-state index contributed by atoms with van der Waals surface area (Å²) in [6, 6.07) is 16.9. The number of benzene rings is 2. The fourth-order valence-electron chi connectivity index (χ4n) is 3.46. The molecular formula is C21H28N3S+. The third-order valence-electron chi connectivity index (χ3n) is 4.95. The maximum Gasteiger partial charge on any atom is 0.171 e. The summed E-state index contributed by atoms with van der Waals surface area (Å²) in [5, 5.41) is 7.34. The van der Waals surface area contributed by atoms with Gasteiger partial charge in [-0.2, -0.15) is 0 Å². The molecule has 0 atom stereocenters. The molecule has 2 aromatic rings. The molecule has 25 heavy (non-hydrogen) atoms. The summed E-state index contributed by atoms with van der Waals surface area (Å²) in [7, 11) is 0. The van der Waals surface area contributed by atoms with Gasteiger partial charge >= 0.3 is 0 Å². The van der Waals surface area contributed by atoms with E-state index >= 15 is 0 Å². The van der Waals surface area contributed by atoms with E-state index in [1.807, 2.05) is 12.1 Å². The van der Waals surface area contributed by atoms with Crippen LogP contribution in [0.25, 0.3) is 0 Å².